The van der Waals surface area contributed by atoms with Gasteiger partial charge in [0, 0.05) is 16.6 Å². The summed E-state index contributed by atoms with van der Waals surface area (Å²) in [5, 5.41) is 8.49. The van der Waals surface area contributed by atoms with Gasteiger partial charge in [0.05, 0.1) is 0 Å². The predicted molar refractivity (Wildman–Crippen MR) is 69.7 cm³/mol. The van der Waals surface area contributed by atoms with Crippen molar-refractivity contribution in [3.8, 4) is 11.8 Å². The fraction of sp³-hybridized carbons (Fsp3) is 0.0714. The molecule has 2 aromatic carbocycles. The Labute approximate surface area is 129 Å². The van der Waals surface area contributed by atoms with E-state index in [4.69, 9.17) is 5.26 Å². The van der Waals surface area contributed by atoms with Crippen LogP contribution in [-0.2, 0) is 6.11 Å². The van der Waals surface area contributed by atoms with Crippen molar-refractivity contribution in [2.24, 2.45) is 0 Å². The number of rotatable bonds is 3. The zero-order valence-corrected chi connectivity index (χ0v) is 12.1. The molecular weight excluding hydrogens is 373 g/mol. The van der Waals surface area contributed by atoms with E-state index in [9.17, 15) is 22.0 Å². The molecule has 0 bridgehead atoms. The highest BCUT2D eigenvalue weighted by molar-refractivity contribution is 9.10. The minimum absolute atomic E-state index is 0.236. The van der Waals surface area contributed by atoms with Gasteiger partial charge < -0.3 is 4.74 Å². The summed E-state index contributed by atoms with van der Waals surface area (Å²) in [6.45, 7) is 0. The molecule has 8 heteroatoms. The van der Waals surface area contributed by atoms with Gasteiger partial charge in [0.2, 0.25) is 0 Å². The Hall–Kier alpha value is -2.14. The van der Waals surface area contributed by atoms with Crippen molar-refractivity contribution in [3.63, 3.8) is 0 Å². The number of nitriles is 1. The Bertz CT molecular complexity index is 749. The Balaban J connectivity index is 2.39. The van der Waals surface area contributed by atoms with Crippen molar-refractivity contribution < 1.29 is 26.7 Å². The molecule has 0 radical (unpaired) electrons. The van der Waals surface area contributed by atoms with Gasteiger partial charge >= 0.3 is 6.11 Å². The molecular formula is C14H5BrF5NO. The maximum absolute atomic E-state index is 13.9. The van der Waals surface area contributed by atoms with E-state index in [1.807, 2.05) is 0 Å². The molecule has 0 unspecified atom stereocenters. The van der Waals surface area contributed by atoms with E-state index in [0.29, 0.717) is 12.1 Å². The Morgan fingerprint density at radius 2 is 1.59 bits per heavy atom. The summed E-state index contributed by atoms with van der Waals surface area (Å²) < 4.78 is 72.5. The van der Waals surface area contributed by atoms with Gasteiger partial charge in [-0.05, 0) is 18.2 Å². The maximum atomic E-state index is 13.9. The van der Waals surface area contributed by atoms with Crippen LogP contribution in [0.25, 0.3) is 0 Å². The van der Waals surface area contributed by atoms with Gasteiger partial charge in [-0.3, -0.25) is 0 Å². The van der Waals surface area contributed by atoms with Crippen molar-refractivity contribution in [1.29, 1.82) is 5.26 Å². The molecule has 114 valence electrons. The number of halogens is 6. The van der Waals surface area contributed by atoms with Gasteiger partial charge in [0.1, 0.15) is 40.4 Å². The van der Waals surface area contributed by atoms with Crippen LogP contribution >= 0.6 is 15.9 Å². The third-order valence-corrected chi connectivity index (χ3v) is 3.11. The van der Waals surface area contributed by atoms with Gasteiger partial charge in [-0.2, -0.15) is 14.0 Å². The molecule has 0 atom stereocenters. The molecule has 0 heterocycles. The second kappa shape index (κ2) is 5.93. The lowest BCUT2D eigenvalue weighted by Gasteiger charge is -2.19. The van der Waals surface area contributed by atoms with Crippen molar-refractivity contribution in [2.45, 2.75) is 6.11 Å². The molecule has 0 spiro atoms. The highest BCUT2D eigenvalue weighted by Gasteiger charge is 2.38. The van der Waals surface area contributed by atoms with Crippen molar-refractivity contribution in [1.82, 2.24) is 0 Å². The fourth-order valence-corrected chi connectivity index (χ4v) is 1.98. The minimum Gasteiger partial charge on any atom is -0.429 e. The highest BCUT2D eigenvalue weighted by Crippen LogP contribution is 2.35. The van der Waals surface area contributed by atoms with Crippen LogP contribution in [0.2, 0.25) is 0 Å². The van der Waals surface area contributed by atoms with E-state index < -0.39 is 40.4 Å². The molecule has 2 rings (SSSR count). The van der Waals surface area contributed by atoms with Crippen LogP contribution in [0.1, 0.15) is 11.1 Å². The van der Waals surface area contributed by atoms with E-state index >= 15 is 0 Å². The second-order valence-electron chi connectivity index (χ2n) is 4.12. The summed E-state index contributed by atoms with van der Waals surface area (Å²) in [5.74, 6) is -4.84. The van der Waals surface area contributed by atoms with Gasteiger partial charge in [-0.15, -0.1) is 0 Å². The number of ether oxygens (including phenoxy) is 1. The van der Waals surface area contributed by atoms with Crippen molar-refractivity contribution in [3.05, 3.63) is 63.4 Å². The van der Waals surface area contributed by atoms with E-state index in [1.54, 1.807) is 0 Å². The molecule has 2 nitrogen and oxygen atoms in total. The monoisotopic (exact) mass is 377 g/mol. The van der Waals surface area contributed by atoms with Crippen LogP contribution in [0, 0.1) is 28.8 Å². The lowest BCUT2D eigenvalue weighted by atomic mass is 10.2. The SMILES string of the molecule is N#Cc1c(F)cc(OC(F)(F)c2ccc(Br)cc2F)cc1F. The van der Waals surface area contributed by atoms with Crippen LogP contribution in [0.5, 0.6) is 5.75 Å². The number of alkyl halides is 2. The van der Waals surface area contributed by atoms with Crippen LogP contribution < -0.4 is 4.74 Å². The van der Waals surface area contributed by atoms with Gasteiger partial charge in [-0.25, -0.2) is 13.2 Å². The molecule has 0 aliphatic carbocycles. The zero-order valence-electron chi connectivity index (χ0n) is 10.5. The Morgan fingerprint density at radius 1 is 1.00 bits per heavy atom. The summed E-state index contributed by atoms with van der Waals surface area (Å²) in [7, 11) is 0. The summed E-state index contributed by atoms with van der Waals surface area (Å²) >= 11 is 2.91. The van der Waals surface area contributed by atoms with E-state index in [0.717, 1.165) is 18.2 Å². The van der Waals surface area contributed by atoms with E-state index in [2.05, 4.69) is 20.7 Å². The fourth-order valence-electron chi connectivity index (χ4n) is 1.64. The lowest BCUT2D eigenvalue weighted by molar-refractivity contribution is -0.187. The molecule has 0 saturated carbocycles. The predicted octanol–water partition coefficient (Wildman–Crippen LogP) is 4.87. The minimum atomic E-state index is -4.15. The molecule has 0 amide bonds. The Kier molecular flexibility index (Phi) is 4.37. The van der Waals surface area contributed by atoms with Crippen molar-refractivity contribution in [2.75, 3.05) is 0 Å². The molecule has 2 aromatic rings. The molecule has 0 saturated heterocycles. The smallest absolute Gasteiger partial charge is 0.429 e. The molecule has 0 fully saturated rings. The van der Waals surface area contributed by atoms with Crippen LogP contribution in [0.3, 0.4) is 0 Å². The van der Waals surface area contributed by atoms with Crippen LogP contribution in [-0.4, -0.2) is 0 Å². The average molecular weight is 378 g/mol. The summed E-state index contributed by atoms with van der Waals surface area (Å²) in [5.41, 5.74) is -2.02. The van der Waals surface area contributed by atoms with Gasteiger partial charge in [0.15, 0.2) is 0 Å². The molecule has 0 aliphatic heterocycles. The topological polar surface area (TPSA) is 33.0 Å². The largest absolute Gasteiger partial charge is 0.429 e. The average Bonchev–Trinajstić information content (AvgIpc) is 2.37. The molecule has 0 N–H and O–H groups in total. The number of nitrogens with zero attached hydrogens (tertiary/aromatic N) is 1. The number of hydrogen-bond acceptors (Lipinski definition) is 2. The summed E-state index contributed by atoms with van der Waals surface area (Å²) in [6, 6.07) is 4.82. The first-order valence-corrected chi connectivity index (χ1v) is 6.45. The summed E-state index contributed by atoms with van der Waals surface area (Å²) in [6.07, 6.45) is -4.15. The van der Waals surface area contributed by atoms with Crippen LogP contribution in [0.4, 0.5) is 22.0 Å². The van der Waals surface area contributed by atoms with Gasteiger partial charge in [0.25, 0.3) is 0 Å². The standard InChI is InChI=1S/C14H5BrF5NO/c15-7-1-2-10(13(18)3-7)14(19,20)22-8-4-11(16)9(6-21)12(17)5-8/h1-5H. The molecule has 0 aliphatic rings. The molecule has 0 aromatic heterocycles. The first-order valence-electron chi connectivity index (χ1n) is 5.66. The quantitative estimate of drug-likeness (QED) is 0.715. The van der Waals surface area contributed by atoms with E-state index in [-0.39, 0.29) is 4.47 Å². The first-order chi connectivity index (χ1) is 10.2. The second-order valence-corrected chi connectivity index (χ2v) is 5.03. The maximum Gasteiger partial charge on any atom is 0.429 e. The summed E-state index contributed by atoms with van der Waals surface area (Å²) in [4.78, 5) is 0. The normalized spacial score (nSPS) is 11.1. The number of benzene rings is 2. The van der Waals surface area contributed by atoms with Crippen molar-refractivity contribution >= 4 is 15.9 Å². The highest BCUT2D eigenvalue weighted by atomic mass is 79.9. The third kappa shape index (κ3) is 3.20. The zero-order chi connectivity index (χ0) is 16.5. The third-order valence-electron chi connectivity index (χ3n) is 2.62. The molecule has 22 heavy (non-hydrogen) atoms. The van der Waals surface area contributed by atoms with E-state index in [1.165, 1.54) is 6.07 Å². The lowest BCUT2D eigenvalue weighted by Crippen LogP contribution is -2.23. The van der Waals surface area contributed by atoms with Gasteiger partial charge in [-0.1, -0.05) is 15.9 Å². The number of hydrogen-bond donors (Lipinski definition) is 0. The first kappa shape index (κ1) is 16.2. The van der Waals surface area contributed by atoms with Crippen LogP contribution in [0.15, 0.2) is 34.8 Å². The Morgan fingerprint density at radius 3 is 2.09 bits per heavy atom.